The fourth-order valence-electron chi connectivity index (χ4n) is 7.12. The van der Waals surface area contributed by atoms with Crippen molar-refractivity contribution in [2.45, 2.75) is 75.9 Å². The first-order chi connectivity index (χ1) is 19.0. The number of para-hydroxylation sites is 2. The normalized spacial score (nSPS) is 30.4. The molecule has 206 valence electrons. The number of piperazine rings is 1. The van der Waals surface area contributed by atoms with E-state index in [1.54, 1.807) is 6.20 Å². The van der Waals surface area contributed by atoms with Gasteiger partial charge in [-0.3, -0.25) is 9.59 Å². The molecule has 0 radical (unpaired) electrons. The average Bonchev–Trinajstić information content (AvgIpc) is 3.54. The number of aromatic nitrogens is 1. The molecule has 4 aliphatic heterocycles. The molecule has 8 heteroatoms. The zero-order valence-corrected chi connectivity index (χ0v) is 23.1. The van der Waals surface area contributed by atoms with Crippen molar-refractivity contribution < 1.29 is 19.8 Å². The van der Waals surface area contributed by atoms with Gasteiger partial charge in [0.1, 0.15) is 30.0 Å². The highest BCUT2D eigenvalue weighted by atomic mass is 16.3. The number of hydrogen-bond donors (Lipinski definition) is 4. The summed E-state index contributed by atoms with van der Waals surface area (Å²) in [5.41, 5.74) is 4.07. The maximum Gasteiger partial charge on any atom is 0.251 e. The summed E-state index contributed by atoms with van der Waals surface area (Å²) >= 11 is 0. The van der Waals surface area contributed by atoms with Crippen LogP contribution in [-0.4, -0.2) is 55.1 Å². The van der Waals surface area contributed by atoms with E-state index in [0.29, 0.717) is 17.5 Å². The number of anilines is 1. The van der Waals surface area contributed by atoms with Crippen molar-refractivity contribution in [3.8, 4) is 0 Å². The van der Waals surface area contributed by atoms with Gasteiger partial charge in [0, 0.05) is 51.4 Å². The molecule has 0 saturated carbocycles. The number of rotatable bonds is 2. The second-order valence-electron chi connectivity index (χ2n) is 12.4. The molecule has 4 aliphatic rings. The minimum Gasteiger partial charge on any atom is -0.386 e. The summed E-state index contributed by atoms with van der Waals surface area (Å²) in [5.74, 6) is -0.685. The number of H-pyrrole nitrogens is 1. The van der Waals surface area contributed by atoms with E-state index in [-0.39, 0.29) is 18.2 Å². The van der Waals surface area contributed by atoms with Crippen LogP contribution in [0.4, 0.5) is 5.69 Å². The molecule has 2 aromatic carbocycles. The van der Waals surface area contributed by atoms with Gasteiger partial charge >= 0.3 is 0 Å². The topological polar surface area (TPSA) is 109 Å². The number of carbonyl (C=O) groups is 2. The van der Waals surface area contributed by atoms with E-state index in [9.17, 15) is 19.8 Å². The van der Waals surface area contributed by atoms with E-state index in [2.05, 4.69) is 16.4 Å². The Morgan fingerprint density at radius 2 is 1.88 bits per heavy atom. The third-order valence-corrected chi connectivity index (χ3v) is 9.18. The highest BCUT2D eigenvalue weighted by molar-refractivity contribution is 6.00. The average molecular weight is 539 g/mol. The molecule has 0 bridgehead atoms. The number of carbonyl (C=O) groups excluding carboxylic acids is 2. The summed E-state index contributed by atoms with van der Waals surface area (Å²) < 4.78 is 0. The molecule has 0 aliphatic carbocycles. The van der Waals surface area contributed by atoms with Gasteiger partial charge < -0.3 is 30.3 Å². The standard InChI is InChI=1S/C32H34N4O4/c1-17(2)12-13-18-8-7-10-20-24(18)34-30-32(20,40)16-22-28(38)35-15-14-31(3,4)27-23(19-9-5-6-11-21(19)33-27)26(37)25(35)29(39)36(22)30/h5-12,14-15,22,25-26,30,33-34,37,40H,13,16H2,1-4H3/b15-14-/t22-,25-,26-,30+,32-/m0/s1. The highest BCUT2D eigenvalue weighted by Gasteiger charge is 2.65. The van der Waals surface area contributed by atoms with Crippen molar-refractivity contribution in [1.82, 2.24) is 14.8 Å². The predicted octanol–water partition coefficient (Wildman–Crippen LogP) is 3.97. The van der Waals surface area contributed by atoms with Crippen LogP contribution in [0.3, 0.4) is 0 Å². The lowest BCUT2D eigenvalue weighted by Gasteiger charge is -2.45. The summed E-state index contributed by atoms with van der Waals surface area (Å²) in [7, 11) is 0. The molecule has 7 rings (SSSR count). The summed E-state index contributed by atoms with van der Waals surface area (Å²) in [4.78, 5) is 34.8. The Morgan fingerprint density at radius 3 is 2.65 bits per heavy atom. The zero-order valence-electron chi connectivity index (χ0n) is 23.1. The second-order valence-corrected chi connectivity index (χ2v) is 12.4. The number of nitrogens with zero attached hydrogens (tertiary/aromatic N) is 2. The first-order valence-corrected chi connectivity index (χ1v) is 13.9. The third-order valence-electron chi connectivity index (χ3n) is 9.18. The Labute approximate surface area is 233 Å². The van der Waals surface area contributed by atoms with E-state index >= 15 is 0 Å². The van der Waals surface area contributed by atoms with Crippen LogP contribution in [0, 0.1) is 0 Å². The Hall–Kier alpha value is -3.88. The lowest BCUT2D eigenvalue weighted by Crippen LogP contribution is -2.65. The molecule has 2 fully saturated rings. The number of hydrogen-bond acceptors (Lipinski definition) is 5. The Morgan fingerprint density at radius 1 is 1.10 bits per heavy atom. The van der Waals surface area contributed by atoms with Gasteiger partial charge in [0.2, 0.25) is 5.91 Å². The molecular formula is C32H34N4O4. The summed E-state index contributed by atoms with van der Waals surface area (Å²) in [5, 5.41) is 28.3. The largest absolute Gasteiger partial charge is 0.386 e. The molecule has 0 unspecified atom stereocenters. The van der Waals surface area contributed by atoms with Crippen LogP contribution in [0.25, 0.3) is 10.9 Å². The maximum atomic E-state index is 14.4. The number of aliphatic hydroxyl groups excluding tert-OH is 1. The number of aromatic amines is 1. The summed E-state index contributed by atoms with van der Waals surface area (Å²) in [6.07, 6.45) is 4.40. The van der Waals surface area contributed by atoms with E-state index < -0.39 is 35.4 Å². The molecule has 2 saturated heterocycles. The number of aliphatic hydroxyl groups is 2. The summed E-state index contributed by atoms with van der Waals surface area (Å²) in [6.45, 7) is 8.12. The van der Waals surface area contributed by atoms with Gasteiger partial charge in [-0.25, -0.2) is 0 Å². The Bertz CT molecular complexity index is 1650. The van der Waals surface area contributed by atoms with Gasteiger partial charge in [0.15, 0.2) is 0 Å². The van der Waals surface area contributed by atoms with Gasteiger partial charge in [-0.2, -0.15) is 0 Å². The van der Waals surface area contributed by atoms with E-state index in [0.717, 1.165) is 27.8 Å². The lowest BCUT2D eigenvalue weighted by atomic mass is 9.81. The number of fused-ring (bicyclic) bond motifs is 9. The number of benzene rings is 2. The number of nitrogens with one attached hydrogen (secondary N) is 2. The van der Waals surface area contributed by atoms with Crippen LogP contribution < -0.4 is 5.32 Å². The van der Waals surface area contributed by atoms with Gasteiger partial charge in [0.05, 0.1) is 0 Å². The molecule has 0 spiro atoms. The van der Waals surface area contributed by atoms with Crippen LogP contribution in [0.2, 0.25) is 0 Å². The fraction of sp³-hybridized carbons (Fsp3) is 0.375. The van der Waals surface area contributed by atoms with E-state index in [1.807, 2.05) is 76.2 Å². The molecular weight excluding hydrogens is 504 g/mol. The fourth-order valence-corrected chi connectivity index (χ4v) is 7.12. The van der Waals surface area contributed by atoms with Crippen molar-refractivity contribution in [1.29, 1.82) is 0 Å². The Kier molecular flexibility index (Phi) is 5.22. The van der Waals surface area contributed by atoms with Crippen LogP contribution >= 0.6 is 0 Å². The van der Waals surface area contributed by atoms with Crippen molar-refractivity contribution in [2.24, 2.45) is 0 Å². The SMILES string of the molecule is CC(C)=CCc1cccc2c1N[C@@H]1N3C(=O)[C@@H]4[C@@H](O)c5c([nH]c6ccccc56)C(C)(C)/C=C\N4C(=O)[C@@H]3C[C@]21O. The van der Waals surface area contributed by atoms with Gasteiger partial charge in [-0.05, 0) is 31.9 Å². The van der Waals surface area contributed by atoms with Gasteiger partial charge in [-0.1, -0.05) is 68.0 Å². The van der Waals surface area contributed by atoms with E-state index in [1.165, 1.54) is 15.4 Å². The molecule has 2 amide bonds. The maximum absolute atomic E-state index is 14.4. The first-order valence-electron chi connectivity index (χ1n) is 13.9. The van der Waals surface area contributed by atoms with E-state index in [4.69, 9.17) is 0 Å². The molecule has 3 aromatic rings. The van der Waals surface area contributed by atoms with Gasteiger partial charge in [0.25, 0.3) is 5.91 Å². The van der Waals surface area contributed by atoms with Crippen molar-refractivity contribution >= 4 is 28.4 Å². The second kappa shape index (κ2) is 8.32. The third kappa shape index (κ3) is 3.26. The molecule has 1 aromatic heterocycles. The minimum absolute atomic E-state index is 0.0865. The highest BCUT2D eigenvalue weighted by Crippen LogP contribution is 2.53. The minimum atomic E-state index is -1.42. The van der Waals surface area contributed by atoms with Crippen molar-refractivity contribution in [2.75, 3.05) is 5.32 Å². The monoisotopic (exact) mass is 538 g/mol. The predicted molar refractivity (Wildman–Crippen MR) is 152 cm³/mol. The molecule has 8 nitrogen and oxygen atoms in total. The molecule has 5 heterocycles. The number of amides is 2. The van der Waals surface area contributed by atoms with Crippen molar-refractivity contribution in [3.63, 3.8) is 0 Å². The molecule has 40 heavy (non-hydrogen) atoms. The van der Waals surface area contributed by atoms with Crippen LogP contribution in [0.5, 0.6) is 0 Å². The molecule has 4 N–H and O–H groups in total. The molecule has 5 atom stereocenters. The van der Waals surface area contributed by atoms with Crippen LogP contribution in [0.15, 0.2) is 66.4 Å². The van der Waals surface area contributed by atoms with Crippen LogP contribution in [-0.2, 0) is 27.0 Å². The van der Waals surface area contributed by atoms with Crippen LogP contribution in [0.1, 0.15) is 62.6 Å². The smallest absolute Gasteiger partial charge is 0.251 e. The van der Waals surface area contributed by atoms with Gasteiger partial charge in [-0.15, -0.1) is 0 Å². The lowest BCUT2D eigenvalue weighted by molar-refractivity contribution is -0.163. The quantitative estimate of drug-likeness (QED) is 0.370. The Balaban J connectivity index is 1.34. The van der Waals surface area contributed by atoms with Crippen molar-refractivity contribution in [3.05, 3.63) is 88.8 Å². The zero-order chi connectivity index (χ0) is 28.1. The number of allylic oxidation sites excluding steroid dienone is 3. The first kappa shape index (κ1) is 25.1. The summed E-state index contributed by atoms with van der Waals surface area (Å²) in [6, 6.07) is 11.5.